The molecule has 1 aromatic carbocycles. The highest BCUT2D eigenvalue weighted by Gasteiger charge is 2.12. The summed E-state index contributed by atoms with van der Waals surface area (Å²) in [5.74, 6) is -0.662. The minimum atomic E-state index is -1.01. The van der Waals surface area contributed by atoms with Crippen LogP contribution < -0.4 is 10.5 Å². The Kier molecular flexibility index (Phi) is 2.87. The van der Waals surface area contributed by atoms with Crippen molar-refractivity contribution in [3.63, 3.8) is 0 Å². The van der Waals surface area contributed by atoms with E-state index in [1.54, 1.807) is 12.1 Å². The lowest BCUT2D eigenvalue weighted by molar-refractivity contribution is 0.0693. The molecule has 3 N–H and O–H groups in total. The van der Waals surface area contributed by atoms with Gasteiger partial charge in [-0.15, -0.1) is 0 Å². The van der Waals surface area contributed by atoms with Crippen LogP contribution in [-0.2, 0) is 6.54 Å². The molecule has 13 heavy (non-hydrogen) atoms. The van der Waals surface area contributed by atoms with E-state index in [1.807, 2.05) is 0 Å². The third-order valence-electron chi connectivity index (χ3n) is 1.75. The molecule has 0 bridgehead atoms. The molecule has 0 spiro atoms. The number of para-hydroxylation sites is 1. The Bertz CT molecular complexity index is 323. The molecule has 0 aliphatic carbocycles. The first-order chi connectivity index (χ1) is 6.20. The fraction of sp³-hybridized carbons (Fsp3) is 0.222. The predicted octanol–water partition coefficient (Wildman–Crippen LogP) is 0.852. The zero-order chi connectivity index (χ0) is 9.84. The van der Waals surface area contributed by atoms with E-state index in [1.165, 1.54) is 13.2 Å². The summed E-state index contributed by atoms with van der Waals surface area (Å²) in [5, 5.41) is 8.80. The smallest absolute Gasteiger partial charge is 0.339 e. The van der Waals surface area contributed by atoms with Gasteiger partial charge in [0.2, 0.25) is 0 Å². The highest BCUT2D eigenvalue weighted by atomic mass is 16.5. The quantitative estimate of drug-likeness (QED) is 0.725. The number of carboxylic acids is 1. The van der Waals surface area contributed by atoms with Crippen molar-refractivity contribution in [1.82, 2.24) is 0 Å². The number of benzene rings is 1. The van der Waals surface area contributed by atoms with Crippen LogP contribution in [0.25, 0.3) is 0 Å². The Hall–Kier alpha value is -1.55. The Morgan fingerprint density at radius 2 is 2.31 bits per heavy atom. The maximum Gasteiger partial charge on any atom is 0.339 e. The van der Waals surface area contributed by atoms with Crippen molar-refractivity contribution in [2.75, 3.05) is 7.11 Å². The SMILES string of the molecule is COc1c(CN)cccc1C(=O)O. The number of ether oxygens (including phenoxy) is 1. The number of nitrogens with two attached hydrogens (primary N) is 1. The molecule has 1 rings (SSSR count). The fourth-order valence-corrected chi connectivity index (χ4v) is 1.16. The molecule has 0 amide bonds. The molecular weight excluding hydrogens is 170 g/mol. The van der Waals surface area contributed by atoms with Gasteiger partial charge in [-0.3, -0.25) is 0 Å². The average molecular weight is 181 g/mol. The Morgan fingerprint density at radius 3 is 2.77 bits per heavy atom. The first kappa shape index (κ1) is 9.54. The molecule has 1 aromatic rings. The van der Waals surface area contributed by atoms with Gasteiger partial charge in [0.25, 0.3) is 0 Å². The first-order valence-electron chi connectivity index (χ1n) is 3.80. The van der Waals surface area contributed by atoms with E-state index < -0.39 is 5.97 Å². The zero-order valence-corrected chi connectivity index (χ0v) is 7.28. The maximum atomic E-state index is 10.7. The molecule has 0 heterocycles. The summed E-state index contributed by atoms with van der Waals surface area (Å²) in [6, 6.07) is 4.87. The van der Waals surface area contributed by atoms with Crippen LogP contribution in [0.1, 0.15) is 15.9 Å². The predicted molar refractivity (Wildman–Crippen MR) is 47.8 cm³/mol. The fourth-order valence-electron chi connectivity index (χ4n) is 1.16. The van der Waals surface area contributed by atoms with Gasteiger partial charge in [0, 0.05) is 12.1 Å². The van der Waals surface area contributed by atoms with E-state index in [2.05, 4.69) is 0 Å². The number of hydrogen-bond donors (Lipinski definition) is 2. The van der Waals surface area contributed by atoms with Crippen molar-refractivity contribution in [1.29, 1.82) is 0 Å². The number of carboxylic acid groups (broad SMARTS) is 1. The second-order valence-corrected chi connectivity index (χ2v) is 2.51. The van der Waals surface area contributed by atoms with E-state index in [0.29, 0.717) is 11.3 Å². The van der Waals surface area contributed by atoms with Gasteiger partial charge in [-0.25, -0.2) is 4.79 Å². The van der Waals surface area contributed by atoms with Gasteiger partial charge in [0.1, 0.15) is 11.3 Å². The molecule has 4 nitrogen and oxygen atoms in total. The molecule has 0 aliphatic rings. The van der Waals surface area contributed by atoms with Crippen LogP contribution in [0.3, 0.4) is 0 Å². The van der Waals surface area contributed by atoms with Crippen molar-refractivity contribution >= 4 is 5.97 Å². The van der Waals surface area contributed by atoms with Crippen molar-refractivity contribution < 1.29 is 14.6 Å². The second kappa shape index (κ2) is 3.91. The molecule has 0 unspecified atom stereocenters. The standard InChI is InChI=1S/C9H11NO3/c1-13-8-6(5-10)3-2-4-7(8)9(11)12/h2-4H,5,10H2,1H3,(H,11,12). The summed E-state index contributed by atoms with van der Waals surface area (Å²) in [7, 11) is 1.43. The van der Waals surface area contributed by atoms with Gasteiger partial charge < -0.3 is 15.6 Å². The second-order valence-electron chi connectivity index (χ2n) is 2.51. The van der Waals surface area contributed by atoms with Crippen LogP contribution in [0.15, 0.2) is 18.2 Å². The number of methoxy groups -OCH3 is 1. The van der Waals surface area contributed by atoms with Crippen LogP contribution in [0.4, 0.5) is 0 Å². The summed E-state index contributed by atoms with van der Waals surface area (Å²) in [5.41, 5.74) is 6.26. The van der Waals surface area contributed by atoms with Crippen molar-refractivity contribution in [2.24, 2.45) is 5.73 Å². The Labute approximate surface area is 75.9 Å². The van der Waals surface area contributed by atoms with Gasteiger partial charge in [0.05, 0.1) is 7.11 Å². The topological polar surface area (TPSA) is 72.5 Å². The molecule has 4 heteroatoms. The average Bonchev–Trinajstić information content (AvgIpc) is 2.16. The summed E-state index contributed by atoms with van der Waals surface area (Å²) in [4.78, 5) is 10.7. The number of hydrogen-bond acceptors (Lipinski definition) is 3. The summed E-state index contributed by atoms with van der Waals surface area (Å²) in [6.07, 6.45) is 0. The van der Waals surface area contributed by atoms with Crippen LogP contribution in [0.2, 0.25) is 0 Å². The molecule has 0 saturated carbocycles. The Morgan fingerprint density at radius 1 is 1.62 bits per heavy atom. The van der Waals surface area contributed by atoms with E-state index in [0.717, 1.165) is 0 Å². The monoisotopic (exact) mass is 181 g/mol. The number of carbonyl (C=O) groups is 1. The summed E-state index contributed by atoms with van der Waals surface area (Å²) in [6.45, 7) is 0.268. The Balaban J connectivity index is 3.27. The molecule has 70 valence electrons. The van der Waals surface area contributed by atoms with Crippen LogP contribution in [-0.4, -0.2) is 18.2 Å². The van der Waals surface area contributed by atoms with Gasteiger partial charge in [-0.2, -0.15) is 0 Å². The molecule has 0 aliphatic heterocycles. The van der Waals surface area contributed by atoms with Crippen LogP contribution >= 0.6 is 0 Å². The lowest BCUT2D eigenvalue weighted by Crippen LogP contribution is -2.06. The molecule has 0 radical (unpaired) electrons. The highest BCUT2D eigenvalue weighted by molar-refractivity contribution is 5.91. The molecular formula is C9H11NO3. The third kappa shape index (κ3) is 1.78. The van der Waals surface area contributed by atoms with E-state index in [4.69, 9.17) is 15.6 Å². The third-order valence-corrected chi connectivity index (χ3v) is 1.75. The molecule has 0 aromatic heterocycles. The van der Waals surface area contributed by atoms with Crippen molar-refractivity contribution in [2.45, 2.75) is 6.54 Å². The van der Waals surface area contributed by atoms with Gasteiger partial charge in [0.15, 0.2) is 0 Å². The number of aromatic carboxylic acids is 1. The zero-order valence-electron chi connectivity index (χ0n) is 7.28. The van der Waals surface area contributed by atoms with Crippen LogP contribution in [0, 0.1) is 0 Å². The molecule has 0 fully saturated rings. The minimum absolute atomic E-state index is 0.144. The highest BCUT2D eigenvalue weighted by Crippen LogP contribution is 2.23. The first-order valence-corrected chi connectivity index (χ1v) is 3.80. The number of rotatable bonds is 3. The molecule has 0 atom stereocenters. The van der Waals surface area contributed by atoms with Crippen molar-refractivity contribution in [3.05, 3.63) is 29.3 Å². The lowest BCUT2D eigenvalue weighted by Gasteiger charge is -2.08. The maximum absolute atomic E-state index is 10.7. The minimum Gasteiger partial charge on any atom is -0.496 e. The van der Waals surface area contributed by atoms with Gasteiger partial charge >= 0.3 is 5.97 Å². The molecule has 0 saturated heterocycles. The van der Waals surface area contributed by atoms with Crippen LogP contribution in [0.5, 0.6) is 5.75 Å². The van der Waals surface area contributed by atoms with E-state index in [-0.39, 0.29) is 12.1 Å². The summed E-state index contributed by atoms with van der Waals surface area (Å²) < 4.78 is 4.97. The normalized spacial score (nSPS) is 9.69. The van der Waals surface area contributed by atoms with Gasteiger partial charge in [-0.1, -0.05) is 12.1 Å². The lowest BCUT2D eigenvalue weighted by atomic mass is 10.1. The van der Waals surface area contributed by atoms with Gasteiger partial charge in [-0.05, 0) is 6.07 Å². The van der Waals surface area contributed by atoms with E-state index in [9.17, 15) is 4.79 Å². The van der Waals surface area contributed by atoms with E-state index >= 15 is 0 Å². The summed E-state index contributed by atoms with van der Waals surface area (Å²) >= 11 is 0. The van der Waals surface area contributed by atoms with Crippen molar-refractivity contribution in [3.8, 4) is 5.75 Å². The largest absolute Gasteiger partial charge is 0.496 e.